The largest absolute Gasteiger partial charge is 0.353 e. The molecule has 1 amide bonds. The molecular weight excluding hydrogens is 224 g/mol. The van der Waals surface area contributed by atoms with Gasteiger partial charge in [0.05, 0.1) is 5.92 Å². The third-order valence-corrected chi connectivity index (χ3v) is 4.00. The van der Waals surface area contributed by atoms with Crippen LogP contribution in [0.5, 0.6) is 0 Å². The smallest absolute Gasteiger partial charge is 0.224 e. The number of nitrogens with one attached hydrogen (secondary N) is 2. The van der Waals surface area contributed by atoms with Gasteiger partial charge in [-0.05, 0) is 50.5 Å². The van der Waals surface area contributed by atoms with E-state index in [9.17, 15) is 4.79 Å². The molecule has 3 nitrogen and oxygen atoms in total. The maximum absolute atomic E-state index is 12.0. The molecule has 2 N–H and O–H groups in total. The van der Waals surface area contributed by atoms with Gasteiger partial charge in [0.1, 0.15) is 0 Å². The van der Waals surface area contributed by atoms with Crippen LogP contribution in [-0.2, 0) is 4.79 Å². The SMILES string of the molecule is Cl.O=C(NC(C1CC1)C1CC1)[C@@H]1CCNC1. The Labute approximate surface area is 103 Å². The summed E-state index contributed by atoms with van der Waals surface area (Å²) >= 11 is 0. The van der Waals surface area contributed by atoms with E-state index in [-0.39, 0.29) is 18.3 Å². The maximum atomic E-state index is 12.0. The number of hydrogen-bond donors (Lipinski definition) is 2. The van der Waals surface area contributed by atoms with Gasteiger partial charge in [0, 0.05) is 12.6 Å². The first kappa shape index (κ1) is 12.2. The van der Waals surface area contributed by atoms with Crippen LogP contribution in [-0.4, -0.2) is 25.0 Å². The summed E-state index contributed by atoms with van der Waals surface area (Å²) in [7, 11) is 0. The molecule has 2 saturated carbocycles. The van der Waals surface area contributed by atoms with Gasteiger partial charge in [-0.25, -0.2) is 0 Å². The lowest BCUT2D eigenvalue weighted by Crippen LogP contribution is -2.42. The van der Waals surface area contributed by atoms with Crippen molar-refractivity contribution >= 4 is 18.3 Å². The van der Waals surface area contributed by atoms with E-state index >= 15 is 0 Å². The van der Waals surface area contributed by atoms with Gasteiger partial charge >= 0.3 is 0 Å². The van der Waals surface area contributed by atoms with Crippen molar-refractivity contribution in [3.63, 3.8) is 0 Å². The molecule has 0 radical (unpaired) electrons. The molecule has 0 unspecified atom stereocenters. The summed E-state index contributed by atoms with van der Waals surface area (Å²) < 4.78 is 0. The molecule has 3 rings (SSSR count). The normalized spacial score (nSPS) is 28.9. The first-order valence-electron chi connectivity index (χ1n) is 6.35. The van der Waals surface area contributed by atoms with E-state index in [2.05, 4.69) is 10.6 Å². The molecule has 1 heterocycles. The van der Waals surface area contributed by atoms with Gasteiger partial charge in [-0.1, -0.05) is 0 Å². The zero-order valence-corrected chi connectivity index (χ0v) is 10.4. The van der Waals surface area contributed by atoms with Crippen LogP contribution in [0.3, 0.4) is 0 Å². The first-order valence-corrected chi connectivity index (χ1v) is 6.35. The Kier molecular flexibility index (Phi) is 3.75. The Balaban J connectivity index is 0.000000963. The molecule has 1 saturated heterocycles. The van der Waals surface area contributed by atoms with E-state index < -0.39 is 0 Å². The summed E-state index contributed by atoms with van der Waals surface area (Å²) in [4.78, 5) is 12.0. The first-order chi connectivity index (χ1) is 7.34. The number of halogens is 1. The second-order valence-corrected chi connectivity index (χ2v) is 5.40. The molecule has 0 aromatic carbocycles. The van der Waals surface area contributed by atoms with Gasteiger partial charge in [-0.2, -0.15) is 0 Å². The van der Waals surface area contributed by atoms with Crippen molar-refractivity contribution < 1.29 is 4.79 Å². The molecule has 0 spiro atoms. The fraction of sp³-hybridized carbons (Fsp3) is 0.917. The zero-order valence-electron chi connectivity index (χ0n) is 9.58. The molecule has 1 aliphatic heterocycles. The third kappa shape index (κ3) is 2.69. The van der Waals surface area contributed by atoms with E-state index in [0.717, 1.165) is 31.3 Å². The minimum Gasteiger partial charge on any atom is -0.353 e. The Hall–Kier alpha value is -0.280. The summed E-state index contributed by atoms with van der Waals surface area (Å²) in [5, 5.41) is 6.56. The van der Waals surface area contributed by atoms with E-state index in [1.54, 1.807) is 0 Å². The molecule has 0 bridgehead atoms. The summed E-state index contributed by atoms with van der Waals surface area (Å²) in [6.07, 6.45) is 6.37. The Morgan fingerprint density at radius 3 is 2.19 bits per heavy atom. The lowest BCUT2D eigenvalue weighted by molar-refractivity contribution is -0.125. The molecule has 3 aliphatic rings. The quantitative estimate of drug-likeness (QED) is 0.783. The number of amides is 1. The van der Waals surface area contributed by atoms with Gasteiger partial charge in [0.15, 0.2) is 0 Å². The number of hydrogen-bond acceptors (Lipinski definition) is 2. The molecule has 16 heavy (non-hydrogen) atoms. The van der Waals surface area contributed by atoms with Crippen LogP contribution < -0.4 is 10.6 Å². The summed E-state index contributed by atoms with van der Waals surface area (Å²) in [6, 6.07) is 0.526. The van der Waals surface area contributed by atoms with Crippen LogP contribution in [0.4, 0.5) is 0 Å². The molecule has 0 aromatic rings. The van der Waals surface area contributed by atoms with Gasteiger partial charge in [-0.15, -0.1) is 12.4 Å². The lowest BCUT2D eigenvalue weighted by Gasteiger charge is -2.19. The molecule has 0 aromatic heterocycles. The van der Waals surface area contributed by atoms with Crippen LogP contribution in [0.25, 0.3) is 0 Å². The van der Waals surface area contributed by atoms with Crippen molar-refractivity contribution in [3.8, 4) is 0 Å². The van der Waals surface area contributed by atoms with Gasteiger partial charge in [0.25, 0.3) is 0 Å². The van der Waals surface area contributed by atoms with Gasteiger partial charge in [-0.3, -0.25) is 4.79 Å². The van der Waals surface area contributed by atoms with Crippen LogP contribution >= 0.6 is 12.4 Å². The minimum atomic E-state index is 0. The number of carbonyl (C=O) groups excluding carboxylic acids is 1. The second-order valence-electron chi connectivity index (χ2n) is 5.40. The highest BCUT2D eigenvalue weighted by Gasteiger charge is 2.42. The van der Waals surface area contributed by atoms with Crippen molar-refractivity contribution in [1.29, 1.82) is 0 Å². The standard InChI is InChI=1S/C12H20N2O.ClH/c15-12(10-5-6-13-7-10)14-11(8-1-2-8)9-3-4-9;/h8-11,13H,1-7H2,(H,14,15);1H/t10-;/m1./s1. The Bertz CT molecular complexity index is 246. The lowest BCUT2D eigenvalue weighted by atomic mass is 10.0. The van der Waals surface area contributed by atoms with Crippen LogP contribution in [0.1, 0.15) is 32.1 Å². The van der Waals surface area contributed by atoms with Gasteiger partial charge in [0.2, 0.25) is 5.91 Å². The van der Waals surface area contributed by atoms with Crippen molar-refractivity contribution in [1.82, 2.24) is 10.6 Å². The highest BCUT2D eigenvalue weighted by molar-refractivity contribution is 5.85. The van der Waals surface area contributed by atoms with Crippen LogP contribution in [0, 0.1) is 17.8 Å². The molecular formula is C12H21ClN2O. The monoisotopic (exact) mass is 244 g/mol. The maximum Gasteiger partial charge on any atom is 0.224 e. The summed E-state index contributed by atoms with van der Waals surface area (Å²) in [6.45, 7) is 1.89. The van der Waals surface area contributed by atoms with E-state index in [0.29, 0.717) is 11.9 Å². The third-order valence-electron chi connectivity index (χ3n) is 4.00. The van der Waals surface area contributed by atoms with Crippen LogP contribution in [0.2, 0.25) is 0 Å². The summed E-state index contributed by atoms with van der Waals surface area (Å²) in [5.41, 5.74) is 0. The molecule has 2 aliphatic carbocycles. The fourth-order valence-electron chi connectivity index (χ4n) is 2.69. The average molecular weight is 245 g/mol. The molecule has 4 heteroatoms. The minimum absolute atomic E-state index is 0. The van der Waals surface area contributed by atoms with E-state index in [1.807, 2.05) is 0 Å². The number of carbonyl (C=O) groups is 1. The fourth-order valence-corrected chi connectivity index (χ4v) is 2.69. The molecule has 1 atom stereocenters. The van der Waals surface area contributed by atoms with E-state index in [4.69, 9.17) is 0 Å². The highest BCUT2D eigenvalue weighted by Crippen LogP contribution is 2.44. The predicted molar refractivity (Wildman–Crippen MR) is 65.6 cm³/mol. The Morgan fingerprint density at radius 2 is 1.75 bits per heavy atom. The molecule has 92 valence electrons. The van der Waals surface area contributed by atoms with Crippen molar-refractivity contribution in [3.05, 3.63) is 0 Å². The average Bonchev–Trinajstić information content (AvgIpc) is 3.15. The van der Waals surface area contributed by atoms with Crippen molar-refractivity contribution in [2.24, 2.45) is 17.8 Å². The Morgan fingerprint density at radius 1 is 1.12 bits per heavy atom. The van der Waals surface area contributed by atoms with Crippen LogP contribution in [0.15, 0.2) is 0 Å². The van der Waals surface area contributed by atoms with Crippen molar-refractivity contribution in [2.75, 3.05) is 13.1 Å². The molecule has 3 fully saturated rings. The number of rotatable bonds is 4. The van der Waals surface area contributed by atoms with Crippen molar-refractivity contribution in [2.45, 2.75) is 38.1 Å². The van der Waals surface area contributed by atoms with Gasteiger partial charge < -0.3 is 10.6 Å². The predicted octanol–water partition coefficient (Wildman–Crippen LogP) is 1.32. The highest BCUT2D eigenvalue weighted by atomic mass is 35.5. The van der Waals surface area contributed by atoms with E-state index in [1.165, 1.54) is 25.7 Å². The zero-order chi connectivity index (χ0) is 10.3. The topological polar surface area (TPSA) is 41.1 Å². The summed E-state index contributed by atoms with van der Waals surface area (Å²) in [5.74, 6) is 2.18. The second kappa shape index (κ2) is 4.92.